The molecule has 2 N–H and O–H groups in total. The standard InChI is InChI=1S/C12H17F2NO/c1-8-4-5-9(7-12(2,3)15)6-10(8)16-11(13)14/h4-6,11H,7,15H2,1-3H3. The SMILES string of the molecule is Cc1ccc(CC(C)(C)N)cc1OC(F)F. The Morgan fingerprint density at radius 3 is 2.50 bits per heavy atom. The summed E-state index contributed by atoms with van der Waals surface area (Å²) in [5.74, 6) is 0.219. The lowest BCUT2D eigenvalue weighted by Gasteiger charge is -2.19. The fraction of sp³-hybridized carbons (Fsp3) is 0.500. The van der Waals surface area contributed by atoms with Gasteiger partial charge < -0.3 is 10.5 Å². The van der Waals surface area contributed by atoms with Crippen LogP contribution in [-0.2, 0) is 6.42 Å². The lowest BCUT2D eigenvalue weighted by molar-refractivity contribution is -0.0503. The molecule has 0 amide bonds. The molecule has 1 aromatic rings. The number of ether oxygens (including phenoxy) is 1. The first-order valence-corrected chi connectivity index (χ1v) is 5.11. The third-order valence-corrected chi connectivity index (χ3v) is 2.13. The van der Waals surface area contributed by atoms with Crippen LogP contribution in [0.5, 0.6) is 5.75 Å². The molecule has 0 heterocycles. The van der Waals surface area contributed by atoms with Gasteiger partial charge in [0, 0.05) is 5.54 Å². The Labute approximate surface area is 94.4 Å². The van der Waals surface area contributed by atoms with Crippen LogP contribution in [0.25, 0.3) is 0 Å². The van der Waals surface area contributed by atoms with Crippen LogP contribution in [0.3, 0.4) is 0 Å². The molecule has 0 aliphatic heterocycles. The summed E-state index contributed by atoms with van der Waals surface area (Å²) in [5.41, 5.74) is 7.09. The summed E-state index contributed by atoms with van der Waals surface area (Å²) in [5, 5.41) is 0. The smallest absolute Gasteiger partial charge is 0.387 e. The first-order chi connectivity index (χ1) is 7.28. The van der Waals surface area contributed by atoms with Crippen molar-refractivity contribution in [3.05, 3.63) is 29.3 Å². The normalized spacial score (nSPS) is 11.9. The number of hydrogen-bond donors (Lipinski definition) is 1. The van der Waals surface area contributed by atoms with E-state index in [4.69, 9.17) is 5.73 Å². The van der Waals surface area contributed by atoms with Crippen molar-refractivity contribution >= 4 is 0 Å². The second-order valence-electron chi connectivity index (χ2n) is 4.64. The monoisotopic (exact) mass is 229 g/mol. The third-order valence-electron chi connectivity index (χ3n) is 2.13. The van der Waals surface area contributed by atoms with Gasteiger partial charge in [-0.15, -0.1) is 0 Å². The van der Waals surface area contributed by atoms with Crippen molar-refractivity contribution in [3.8, 4) is 5.75 Å². The fourth-order valence-corrected chi connectivity index (χ4v) is 1.50. The highest BCUT2D eigenvalue weighted by Gasteiger charge is 2.14. The molecule has 0 spiro atoms. The first kappa shape index (κ1) is 12.9. The van der Waals surface area contributed by atoms with Crippen LogP contribution in [0, 0.1) is 6.92 Å². The minimum Gasteiger partial charge on any atom is -0.435 e. The Morgan fingerprint density at radius 2 is 2.00 bits per heavy atom. The maximum absolute atomic E-state index is 12.1. The summed E-state index contributed by atoms with van der Waals surface area (Å²) >= 11 is 0. The van der Waals surface area contributed by atoms with Crippen LogP contribution >= 0.6 is 0 Å². The number of rotatable bonds is 4. The number of alkyl halides is 2. The van der Waals surface area contributed by atoms with E-state index in [0.717, 1.165) is 5.56 Å². The Morgan fingerprint density at radius 1 is 1.38 bits per heavy atom. The van der Waals surface area contributed by atoms with Crippen molar-refractivity contribution in [2.45, 2.75) is 39.3 Å². The van der Waals surface area contributed by atoms with Gasteiger partial charge in [-0.05, 0) is 44.4 Å². The quantitative estimate of drug-likeness (QED) is 0.861. The molecule has 0 saturated carbocycles. The van der Waals surface area contributed by atoms with Crippen LogP contribution in [0.4, 0.5) is 8.78 Å². The summed E-state index contributed by atoms with van der Waals surface area (Å²) in [7, 11) is 0. The second kappa shape index (κ2) is 4.78. The van der Waals surface area contributed by atoms with E-state index in [1.807, 2.05) is 19.9 Å². The Kier molecular flexibility index (Phi) is 3.86. The topological polar surface area (TPSA) is 35.2 Å². The highest BCUT2D eigenvalue weighted by atomic mass is 19.3. The molecule has 90 valence electrons. The Hall–Kier alpha value is -1.16. The molecule has 0 unspecified atom stereocenters. The van der Waals surface area contributed by atoms with Crippen LogP contribution in [-0.4, -0.2) is 12.2 Å². The number of hydrogen-bond acceptors (Lipinski definition) is 2. The zero-order valence-electron chi connectivity index (χ0n) is 9.76. The van der Waals surface area contributed by atoms with Crippen LogP contribution < -0.4 is 10.5 Å². The molecule has 1 aromatic carbocycles. The maximum atomic E-state index is 12.1. The molecule has 2 nitrogen and oxygen atoms in total. The van der Waals surface area contributed by atoms with Gasteiger partial charge in [0.25, 0.3) is 0 Å². The maximum Gasteiger partial charge on any atom is 0.387 e. The minimum absolute atomic E-state index is 0.219. The molecule has 0 bridgehead atoms. The average Bonchev–Trinajstić information content (AvgIpc) is 2.07. The van der Waals surface area contributed by atoms with E-state index in [-0.39, 0.29) is 11.3 Å². The molecule has 0 radical (unpaired) electrons. The van der Waals surface area contributed by atoms with E-state index in [1.165, 1.54) is 0 Å². The molecule has 16 heavy (non-hydrogen) atoms. The van der Waals surface area contributed by atoms with Gasteiger partial charge >= 0.3 is 6.61 Å². The van der Waals surface area contributed by atoms with Crippen molar-refractivity contribution < 1.29 is 13.5 Å². The van der Waals surface area contributed by atoms with Crippen LogP contribution in [0.1, 0.15) is 25.0 Å². The number of benzene rings is 1. The molecule has 0 aliphatic carbocycles. The van der Waals surface area contributed by atoms with Gasteiger partial charge in [-0.2, -0.15) is 8.78 Å². The first-order valence-electron chi connectivity index (χ1n) is 5.11. The molecule has 0 atom stereocenters. The van der Waals surface area contributed by atoms with Crippen molar-refractivity contribution in [1.82, 2.24) is 0 Å². The van der Waals surface area contributed by atoms with Gasteiger partial charge in [-0.25, -0.2) is 0 Å². The van der Waals surface area contributed by atoms with Gasteiger partial charge in [0.2, 0.25) is 0 Å². The highest BCUT2D eigenvalue weighted by Crippen LogP contribution is 2.23. The van der Waals surface area contributed by atoms with Gasteiger partial charge in [0.15, 0.2) is 0 Å². The van der Waals surface area contributed by atoms with Gasteiger partial charge in [0.05, 0.1) is 0 Å². The third kappa shape index (κ3) is 4.14. The summed E-state index contributed by atoms with van der Waals surface area (Å²) < 4.78 is 28.7. The molecule has 0 saturated heterocycles. The summed E-state index contributed by atoms with van der Waals surface area (Å²) in [6, 6.07) is 5.26. The number of aryl methyl sites for hydroxylation is 1. The van der Waals surface area contributed by atoms with Gasteiger partial charge in [0.1, 0.15) is 5.75 Å². The van der Waals surface area contributed by atoms with Gasteiger partial charge in [-0.1, -0.05) is 12.1 Å². The predicted octanol–water partition coefficient (Wildman–Crippen LogP) is 2.88. The molecule has 0 aromatic heterocycles. The van der Waals surface area contributed by atoms with E-state index in [9.17, 15) is 8.78 Å². The zero-order valence-corrected chi connectivity index (χ0v) is 9.76. The van der Waals surface area contributed by atoms with E-state index < -0.39 is 6.61 Å². The van der Waals surface area contributed by atoms with Crippen molar-refractivity contribution in [2.24, 2.45) is 5.73 Å². The molecule has 1 rings (SSSR count). The Bertz CT molecular complexity index is 359. The lowest BCUT2D eigenvalue weighted by Crippen LogP contribution is -2.34. The van der Waals surface area contributed by atoms with Crippen molar-refractivity contribution in [3.63, 3.8) is 0 Å². The summed E-state index contributed by atoms with van der Waals surface area (Å²) in [6.45, 7) is 2.72. The van der Waals surface area contributed by atoms with Gasteiger partial charge in [-0.3, -0.25) is 0 Å². The molecule has 0 aliphatic rings. The van der Waals surface area contributed by atoms with Crippen LogP contribution in [0.2, 0.25) is 0 Å². The largest absolute Gasteiger partial charge is 0.435 e. The fourth-order valence-electron chi connectivity index (χ4n) is 1.50. The molecular weight excluding hydrogens is 212 g/mol. The Balaban J connectivity index is 2.89. The average molecular weight is 229 g/mol. The van der Waals surface area contributed by atoms with Crippen LogP contribution in [0.15, 0.2) is 18.2 Å². The predicted molar refractivity (Wildman–Crippen MR) is 59.8 cm³/mol. The molecule has 4 heteroatoms. The van der Waals surface area contributed by atoms with E-state index in [1.54, 1.807) is 19.1 Å². The van der Waals surface area contributed by atoms with Crippen molar-refractivity contribution in [1.29, 1.82) is 0 Å². The lowest BCUT2D eigenvalue weighted by atomic mass is 9.95. The van der Waals surface area contributed by atoms with E-state index in [2.05, 4.69) is 4.74 Å². The minimum atomic E-state index is -2.79. The summed E-state index contributed by atoms with van der Waals surface area (Å²) in [4.78, 5) is 0. The number of nitrogens with two attached hydrogens (primary N) is 1. The second-order valence-corrected chi connectivity index (χ2v) is 4.64. The zero-order chi connectivity index (χ0) is 12.3. The number of halogens is 2. The van der Waals surface area contributed by atoms with E-state index in [0.29, 0.717) is 12.0 Å². The molecule has 0 fully saturated rings. The van der Waals surface area contributed by atoms with E-state index >= 15 is 0 Å². The highest BCUT2D eigenvalue weighted by molar-refractivity contribution is 5.37. The van der Waals surface area contributed by atoms with Crippen molar-refractivity contribution in [2.75, 3.05) is 0 Å². The summed E-state index contributed by atoms with van der Waals surface area (Å²) in [6.07, 6.45) is 0.618. The molecular formula is C12H17F2NO.